The molecule has 0 bridgehead atoms. The van der Waals surface area contributed by atoms with Crippen molar-refractivity contribution in [2.75, 3.05) is 5.32 Å². The Kier molecular flexibility index (Phi) is 7.60. The van der Waals surface area contributed by atoms with Crippen LogP contribution in [0, 0.1) is 0 Å². The van der Waals surface area contributed by atoms with Crippen LogP contribution in [0.1, 0.15) is 47.7 Å². The van der Waals surface area contributed by atoms with E-state index in [1.165, 1.54) is 37.0 Å². The first-order chi connectivity index (χ1) is 12.5. The van der Waals surface area contributed by atoms with Gasteiger partial charge in [-0.3, -0.25) is 4.79 Å². The molecule has 0 saturated carbocycles. The summed E-state index contributed by atoms with van der Waals surface area (Å²) in [5, 5.41) is 11.8. The Morgan fingerprint density at radius 1 is 1.12 bits per heavy atom. The van der Waals surface area contributed by atoms with Crippen molar-refractivity contribution in [2.24, 2.45) is 0 Å². The quantitative estimate of drug-likeness (QED) is 0.439. The molecule has 5 heteroatoms. The molecule has 0 heterocycles. The molecule has 0 unspecified atom stereocenters. The number of rotatable bonds is 8. The van der Waals surface area contributed by atoms with Crippen molar-refractivity contribution in [1.82, 2.24) is 0 Å². The van der Waals surface area contributed by atoms with Gasteiger partial charge in [-0.2, -0.15) is 0 Å². The van der Waals surface area contributed by atoms with Gasteiger partial charge in [0.05, 0.1) is 11.3 Å². The van der Waals surface area contributed by atoms with Crippen LogP contribution in [0.15, 0.2) is 53.0 Å². The third kappa shape index (κ3) is 6.15. The van der Waals surface area contributed by atoms with E-state index in [1.807, 2.05) is 12.1 Å². The molecule has 0 aliphatic heterocycles. The smallest absolute Gasteiger partial charge is 0.337 e. The molecule has 2 rings (SSSR count). The molecule has 0 aliphatic rings. The van der Waals surface area contributed by atoms with E-state index in [9.17, 15) is 14.7 Å². The lowest BCUT2D eigenvalue weighted by Gasteiger charge is -2.07. The van der Waals surface area contributed by atoms with Gasteiger partial charge in [-0.25, -0.2) is 4.79 Å². The number of carbonyl (C=O) groups is 2. The number of benzene rings is 2. The lowest BCUT2D eigenvalue weighted by atomic mass is 10.1. The van der Waals surface area contributed by atoms with Gasteiger partial charge in [0.2, 0.25) is 5.91 Å². The summed E-state index contributed by atoms with van der Waals surface area (Å²) in [6.45, 7) is 2.19. The summed E-state index contributed by atoms with van der Waals surface area (Å²) in [6, 6.07) is 12.8. The molecule has 0 saturated heterocycles. The Balaban J connectivity index is 1.98. The van der Waals surface area contributed by atoms with E-state index in [2.05, 4.69) is 40.3 Å². The van der Waals surface area contributed by atoms with Gasteiger partial charge in [-0.15, -0.1) is 0 Å². The van der Waals surface area contributed by atoms with Crippen molar-refractivity contribution in [1.29, 1.82) is 0 Å². The molecule has 136 valence electrons. The molecular weight excluding hydrogens is 394 g/mol. The molecule has 26 heavy (non-hydrogen) atoms. The predicted octanol–water partition coefficient (Wildman–Crippen LogP) is 5.53. The standard InChI is InChI=1S/C21H22BrNO3/c1-2-3-4-5-15-6-8-16(9-7-15)10-13-20(24)23-19-12-11-17(22)14-18(19)21(25)26/h6-14H,2-5H2,1H3,(H,23,24)(H,25,26)/b13-10+. The zero-order valence-corrected chi connectivity index (χ0v) is 16.3. The van der Waals surface area contributed by atoms with Gasteiger partial charge in [-0.05, 0) is 48.2 Å². The maximum absolute atomic E-state index is 12.1. The molecule has 0 spiro atoms. The van der Waals surface area contributed by atoms with Crippen molar-refractivity contribution in [3.63, 3.8) is 0 Å². The minimum absolute atomic E-state index is 0.0394. The number of hydrogen-bond acceptors (Lipinski definition) is 2. The molecule has 4 nitrogen and oxygen atoms in total. The molecule has 0 aromatic heterocycles. The lowest BCUT2D eigenvalue weighted by Crippen LogP contribution is -2.12. The third-order valence-electron chi connectivity index (χ3n) is 3.95. The van der Waals surface area contributed by atoms with Crippen LogP contribution in [0.5, 0.6) is 0 Å². The summed E-state index contributed by atoms with van der Waals surface area (Å²) in [5.74, 6) is -1.47. The number of anilines is 1. The Bertz CT molecular complexity index is 797. The van der Waals surface area contributed by atoms with Gasteiger partial charge in [0.25, 0.3) is 0 Å². The predicted molar refractivity (Wildman–Crippen MR) is 108 cm³/mol. The fraction of sp³-hybridized carbons (Fsp3) is 0.238. The molecule has 2 aromatic carbocycles. The number of halogens is 1. The van der Waals surface area contributed by atoms with E-state index in [4.69, 9.17) is 0 Å². The Hall–Kier alpha value is -2.40. The maximum Gasteiger partial charge on any atom is 0.337 e. The highest BCUT2D eigenvalue weighted by atomic mass is 79.9. The summed E-state index contributed by atoms with van der Waals surface area (Å²) in [4.78, 5) is 23.4. The number of unbranched alkanes of at least 4 members (excludes halogenated alkanes) is 2. The number of amides is 1. The van der Waals surface area contributed by atoms with E-state index in [1.54, 1.807) is 18.2 Å². The SMILES string of the molecule is CCCCCc1ccc(/C=C/C(=O)Nc2ccc(Br)cc2C(=O)O)cc1. The summed E-state index contributed by atoms with van der Waals surface area (Å²) in [5.41, 5.74) is 2.52. The van der Waals surface area contributed by atoms with Crippen LogP contribution in [0.2, 0.25) is 0 Å². The molecule has 0 fully saturated rings. The number of hydrogen-bond donors (Lipinski definition) is 2. The molecule has 0 aliphatic carbocycles. The van der Waals surface area contributed by atoms with Gasteiger partial charge in [-0.1, -0.05) is 60.0 Å². The minimum Gasteiger partial charge on any atom is -0.478 e. The van der Waals surface area contributed by atoms with Crippen LogP contribution in [0.3, 0.4) is 0 Å². The summed E-state index contributed by atoms with van der Waals surface area (Å²) < 4.78 is 0.641. The molecule has 0 atom stereocenters. The summed E-state index contributed by atoms with van der Waals surface area (Å²) in [7, 11) is 0. The van der Waals surface area contributed by atoms with Crippen LogP contribution in [-0.4, -0.2) is 17.0 Å². The van der Waals surface area contributed by atoms with Crippen LogP contribution >= 0.6 is 15.9 Å². The van der Waals surface area contributed by atoms with E-state index < -0.39 is 5.97 Å². The number of nitrogens with one attached hydrogen (secondary N) is 1. The van der Waals surface area contributed by atoms with Crippen molar-refractivity contribution in [3.8, 4) is 0 Å². The van der Waals surface area contributed by atoms with Crippen LogP contribution < -0.4 is 5.32 Å². The van der Waals surface area contributed by atoms with Crippen LogP contribution in [-0.2, 0) is 11.2 Å². The second-order valence-corrected chi connectivity index (χ2v) is 6.93. The first kappa shape index (κ1) is 19.9. The van der Waals surface area contributed by atoms with Gasteiger partial charge in [0, 0.05) is 10.5 Å². The van der Waals surface area contributed by atoms with Crippen molar-refractivity contribution >= 4 is 39.6 Å². The maximum atomic E-state index is 12.1. The fourth-order valence-corrected chi connectivity index (χ4v) is 2.88. The van der Waals surface area contributed by atoms with Gasteiger partial charge in [0.1, 0.15) is 0 Å². The second kappa shape index (κ2) is 9.92. The van der Waals surface area contributed by atoms with E-state index in [-0.39, 0.29) is 17.2 Å². The average molecular weight is 416 g/mol. The van der Waals surface area contributed by atoms with E-state index in [0.29, 0.717) is 4.47 Å². The first-order valence-electron chi connectivity index (χ1n) is 8.60. The monoisotopic (exact) mass is 415 g/mol. The number of carboxylic acids is 1. The molecular formula is C21H22BrNO3. The zero-order chi connectivity index (χ0) is 18.9. The molecule has 2 N–H and O–H groups in total. The Morgan fingerprint density at radius 3 is 2.50 bits per heavy atom. The van der Waals surface area contributed by atoms with Crippen molar-refractivity contribution < 1.29 is 14.7 Å². The average Bonchev–Trinajstić information content (AvgIpc) is 2.62. The number of carbonyl (C=O) groups excluding carboxylic acids is 1. The highest BCUT2D eigenvalue weighted by Gasteiger charge is 2.11. The highest BCUT2D eigenvalue weighted by Crippen LogP contribution is 2.21. The second-order valence-electron chi connectivity index (χ2n) is 6.02. The number of carboxylic acid groups (broad SMARTS) is 1. The Labute approximate surface area is 162 Å². The van der Waals surface area contributed by atoms with Crippen LogP contribution in [0.25, 0.3) is 6.08 Å². The van der Waals surface area contributed by atoms with Gasteiger partial charge < -0.3 is 10.4 Å². The van der Waals surface area contributed by atoms with E-state index in [0.717, 1.165) is 12.0 Å². The fourth-order valence-electron chi connectivity index (χ4n) is 2.52. The molecule has 2 aromatic rings. The van der Waals surface area contributed by atoms with Crippen molar-refractivity contribution in [2.45, 2.75) is 32.6 Å². The minimum atomic E-state index is -1.09. The largest absolute Gasteiger partial charge is 0.478 e. The Morgan fingerprint density at radius 2 is 1.85 bits per heavy atom. The summed E-state index contributed by atoms with van der Waals surface area (Å²) in [6.07, 6.45) is 7.81. The normalized spacial score (nSPS) is 10.8. The molecule has 1 amide bonds. The summed E-state index contributed by atoms with van der Waals surface area (Å²) >= 11 is 3.23. The van der Waals surface area contributed by atoms with Crippen molar-refractivity contribution in [3.05, 3.63) is 69.7 Å². The molecule has 0 radical (unpaired) electrons. The number of aryl methyl sites for hydroxylation is 1. The van der Waals surface area contributed by atoms with E-state index >= 15 is 0 Å². The van der Waals surface area contributed by atoms with Gasteiger partial charge >= 0.3 is 5.97 Å². The van der Waals surface area contributed by atoms with Gasteiger partial charge in [0.15, 0.2) is 0 Å². The topological polar surface area (TPSA) is 66.4 Å². The van der Waals surface area contributed by atoms with Crippen LogP contribution in [0.4, 0.5) is 5.69 Å². The number of aromatic carboxylic acids is 1. The lowest BCUT2D eigenvalue weighted by molar-refractivity contribution is -0.111. The first-order valence-corrected chi connectivity index (χ1v) is 9.39. The highest BCUT2D eigenvalue weighted by molar-refractivity contribution is 9.10. The zero-order valence-electron chi connectivity index (χ0n) is 14.7. The third-order valence-corrected chi connectivity index (χ3v) is 4.44.